The van der Waals surface area contributed by atoms with Crippen molar-refractivity contribution >= 4 is 12.3 Å². The third-order valence-corrected chi connectivity index (χ3v) is 0.393. The zero-order valence-electron chi connectivity index (χ0n) is 6.97. The molecule has 0 radical (unpaired) electrons. The molecule has 0 fully saturated rings. The molecule has 0 aromatic rings. The van der Waals surface area contributed by atoms with E-state index in [-0.39, 0.29) is 0 Å². The highest BCUT2D eigenvalue weighted by molar-refractivity contribution is 5.58. The Morgan fingerprint density at radius 3 is 1.54 bits per heavy atom. The molecule has 13 heavy (non-hydrogen) atoms. The highest BCUT2D eigenvalue weighted by atomic mass is 16.7. The summed E-state index contributed by atoms with van der Waals surface area (Å²) < 4.78 is 7.48. The quantitative estimate of drug-likeness (QED) is 0.393. The fourth-order valence-electron chi connectivity index (χ4n) is 0.172. The predicted octanol–water partition coefficient (Wildman–Crippen LogP) is 2.04. The Morgan fingerprint density at radius 1 is 1.15 bits per heavy atom. The molecule has 0 spiro atoms. The highest BCUT2D eigenvalue weighted by Crippen LogP contribution is 1.81. The fraction of sp³-hybridized carbons (Fsp3) is 0.143. The van der Waals surface area contributed by atoms with Gasteiger partial charge in [0.1, 0.15) is 12.5 Å². The number of hydrogen-bond donors (Lipinski definition) is 2. The van der Waals surface area contributed by atoms with Crippen LogP contribution in [0.4, 0.5) is 9.59 Å². The van der Waals surface area contributed by atoms with Crippen molar-refractivity contribution < 1.29 is 29.3 Å². The van der Waals surface area contributed by atoms with Gasteiger partial charge in [-0.15, -0.1) is 6.58 Å². The molecular formula is C7H10O6. The lowest BCUT2D eigenvalue weighted by atomic mass is 10.8. The van der Waals surface area contributed by atoms with Crippen LogP contribution in [0, 0.1) is 0 Å². The molecule has 2 N–H and O–H groups in total. The van der Waals surface area contributed by atoms with Gasteiger partial charge in [-0.2, -0.15) is 0 Å². The Balaban J connectivity index is 0. The average Bonchev–Trinajstić information content (AvgIpc) is 1.99. The Bertz CT molecular complexity index is 177. The van der Waals surface area contributed by atoms with Crippen molar-refractivity contribution in [3.8, 4) is 0 Å². The maximum absolute atomic E-state index is 9.57. The molecule has 0 aromatic carbocycles. The Morgan fingerprint density at radius 2 is 1.38 bits per heavy atom. The van der Waals surface area contributed by atoms with E-state index >= 15 is 0 Å². The summed E-state index contributed by atoms with van der Waals surface area (Å²) in [6, 6.07) is 0. The van der Waals surface area contributed by atoms with Gasteiger partial charge in [-0.25, -0.2) is 9.59 Å². The minimum absolute atomic E-state index is 0.594. The summed E-state index contributed by atoms with van der Waals surface area (Å²) in [5, 5.41) is 15.6. The van der Waals surface area contributed by atoms with Crippen LogP contribution in [0.25, 0.3) is 0 Å². The first-order valence-corrected chi connectivity index (χ1v) is 3.05. The molecule has 0 saturated heterocycles. The molecule has 74 valence electrons. The van der Waals surface area contributed by atoms with Gasteiger partial charge in [0.2, 0.25) is 0 Å². The van der Waals surface area contributed by atoms with Crippen molar-refractivity contribution in [1.29, 1.82) is 0 Å². The van der Waals surface area contributed by atoms with Gasteiger partial charge in [-0.1, -0.05) is 6.08 Å². The van der Waals surface area contributed by atoms with Crippen LogP contribution in [0.15, 0.2) is 25.2 Å². The molecule has 0 aliphatic heterocycles. The molecule has 0 saturated carbocycles. The van der Waals surface area contributed by atoms with Crippen molar-refractivity contribution in [2.75, 3.05) is 0 Å². The third kappa shape index (κ3) is 25.6. The molecule has 0 aliphatic carbocycles. The second-order valence-corrected chi connectivity index (χ2v) is 1.45. The van der Waals surface area contributed by atoms with Crippen LogP contribution in [0.2, 0.25) is 0 Å². The Hall–Kier alpha value is -1.98. The molecular weight excluding hydrogens is 180 g/mol. The van der Waals surface area contributed by atoms with E-state index in [0.717, 1.165) is 0 Å². The summed E-state index contributed by atoms with van der Waals surface area (Å²) in [7, 11) is 0. The van der Waals surface area contributed by atoms with E-state index in [9.17, 15) is 9.59 Å². The second kappa shape index (κ2) is 10.0. The summed E-state index contributed by atoms with van der Waals surface area (Å²) in [4.78, 5) is 19.1. The number of rotatable bonds is 2. The molecule has 0 rings (SSSR count). The average molecular weight is 190 g/mol. The van der Waals surface area contributed by atoms with Gasteiger partial charge >= 0.3 is 12.3 Å². The largest absolute Gasteiger partial charge is 0.510 e. The van der Waals surface area contributed by atoms with Crippen LogP contribution in [0.1, 0.15) is 6.92 Å². The molecule has 6 heteroatoms. The van der Waals surface area contributed by atoms with Gasteiger partial charge in [-0.05, 0) is 6.92 Å². The lowest BCUT2D eigenvalue weighted by molar-refractivity contribution is 0.114. The van der Waals surface area contributed by atoms with Crippen LogP contribution in [-0.4, -0.2) is 22.5 Å². The Kier molecular flexibility index (Phi) is 10.5. The van der Waals surface area contributed by atoms with Crippen LogP contribution in [0.5, 0.6) is 0 Å². The smallest absolute Gasteiger partial charge is 0.449 e. The zero-order chi connectivity index (χ0) is 10.7. The second-order valence-electron chi connectivity index (χ2n) is 1.45. The lowest BCUT2D eigenvalue weighted by Gasteiger charge is -1.88. The van der Waals surface area contributed by atoms with Crippen molar-refractivity contribution in [3.63, 3.8) is 0 Å². The van der Waals surface area contributed by atoms with Gasteiger partial charge < -0.3 is 19.7 Å². The van der Waals surface area contributed by atoms with Crippen molar-refractivity contribution in [2.45, 2.75) is 6.92 Å². The first-order chi connectivity index (χ1) is 6.04. The summed E-state index contributed by atoms with van der Waals surface area (Å²) in [5.41, 5.74) is 0. The number of hydrogen-bond acceptors (Lipinski definition) is 4. The van der Waals surface area contributed by atoms with Crippen LogP contribution in [0.3, 0.4) is 0 Å². The molecule has 0 amide bonds. The highest BCUT2D eigenvalue weighted by Gasteiger charge is 1.91. The first kappa shape index (κ1) is 13.6. The molecule has 6 nitrogen and oxygen atoms in total. The summed E-state index contributed by atoms with van der Waals surface area (Å²) in [6.45, 7) is 5.25. The minimum Gasteiger partial charge on any atom is -0.449 e. The van der Waals surface area contributed by atoms with Crippen LogP contribution >= 0.6 is 0 Å². The van der Waals surface area contributed by atoms with Crippen LogP contribution < -0.4 is 0 Å². The normalized spacial score (nSPS) is 8.08. The number of carbonyl (C=O) groups is 2. The molecule has 0 heterocycles. The summed E-state index contributed by atoms with van der Waals surface area (Å²) in [5.74, 6) is 0. The summed E-state index contributed by atoms with van der Waals surface area (Å²) >= 11 is 0. The van der Waals surface area contributed by atoms with Gasteiger partial charge in [0.15, 0.2) is 0 Å². The van der Waals surface area contributed by atoms with E-state index in [4.69, 9.17) is 10.2 Å². The number of carboxylic acid groups (broad SMARTS) is 2. The SMILES string of the molecule is C=CC.O=C(O)O/C=C/OC(=O)O. The maximum atomic E-state index is 9.57. The molecule has 0 aliphatic rings. The topological polar surface area (TPSA) is 93.1 Å². The van der Waals surface area contributed by atoms with Crippen molar-refractivity contribution in [2.24, 2.45) is 0 Å². The fourth-order valence-corrected chi connectivity index (χ4v) is 0.172. The zero-order valence-corrected chi connectivity index (χ0v) is 6.97. The van der Waals surface area contributed by atoms with Crippen molar-refractivity contribution in [1.82, 2.24) is 0 Å². The molecule has 0 bridgehead atoms. The van der Waals surface area contributed by atoms with Crippen molar-refractivity contribution in [3.05, 3.63) is 25.2 Å². The number of allylic oxidation sites excluding steroid dienone is 1. The third-order valence-electron chi connectivity index (χ3n) is 0.393. The van der Waals surface area contributed by atoms with Gasteiger partial charge in [0.05, 0.1) is 0 Å². The summed E-state index contributed by atoms with van der Waals surface area (Å²) in [6.07, 6.45) is -0.136. The van der Waals surface area contributed by atoms with Gasteiger partial charge in [0, 0.05) is 0 Å². The lowest BCUT2D eigenvalue weighted by Crippen LogP contribution is -1.95. The Labute approximate surface area is 74.7 Å². The van der Waals surface area contributed by atoms with E-state index in [1.54, 1.807) is 6.08 Å². The molecule has 0 unspecified atom stereocenters. The van der Waals surface area contributed by atoms with E-state index in [1.165, 1.54) is 0 Å². The predicted molar refractivity (Wildman–Crippen MR) is 43.2 cm³/mol. The van der Waals surface area contributed by atoms with Gasteiger partial charge in [-0.3, -0.25) is 0 Å². The monoisotopic (exact) mass is 190 g/mol. The van der Waals surface area contributed by atoms with E-state index in [2.05, 4.69) is 16.1 Å². The maximum Gasteiger partial charge on any atom is 0.510 e. The van der Waals surface area contributed by atoms with E-state index in [0.29, 0.717) is 12.5 Å². The first-order valence-electron chi connectivity index (χ1n) is 3.05. The van der Waals surface area contributed by atoms with E-state index in [1.807, 2.05) is 6.92 Å². The van der Waals surface area contributed by atoms with Gasteiger partial charge in [0.25, 0.3) is 0 Å². The molecule has 0 atom stereocenters. The van der Waals surface area contributed by atoms with Crippen LogP contribution in [-0.2, 0) is 9.47 Å². The standard InChI is InChI=1S/C4H4O6.C3H6/c5-3(6)9-1-2-10-4(7)8;1-3-2/h1-2H,(H,5,6)(H,7,8);3H,1H2,2H3/b2-1+;. The minimum atomic E-state index is -1.54. The molecule has 0 aromatic heterocycles. The van der Waals surface area contributed by atoms with E-state index < -0.39 is 12.3 Å². The number of ether oxygens (including phenoxy) is 2.